The van der Waals surface area contributed by atoms with Crippen LogP contribution in [0, 0.1) is 0 Å². The van der Waals surface area contributed by atoms with Gasteiger partial charge in [-0.3, -0.25) is 0 Å². The summed E-state index contributed by atoms with van der Waals surface area (Å²) >= 11 is 0. The minimum Gasteiger partial charge on any atom is -0.497 e. The second-order valence-electron chi connectivity index (χ2n) is 4.22. The Morgan fingerprint density at radius 1 is 0.750 bits per heavy atom. The van der Waals surface area contributed by atoms with Crippen molar-refractivity contribution in [2.24, 2.45) is 5.73 Å². The highest BCUT2D eigenvalue weighted by Crippen LogP contribution is 2.17. The molecule has 4 heteroatoms. The van der Waals surface area contributed by atoms with Gasteiger partial charge in [0.25, 0.3) is 0 Å². The van der Waals surface area contributed by atoms with Gasteiger partial charge in [0.2, 0.25) is 0 Å². The second-order valence-corrected chi connectivity index (χ2v) is 4.22. The quantitative estimate of drug-likeness (QED) is 0.788. The smallest absolute Gasteiger partial charge is 0.122 e. The maximum absolute atomic E-state index is 5.58. The molecular weight excluding hydrogens is 254 g/mol. The van der Waals surface area contributed by atoms with E-state index in [0.29, 0.717) is 19.8 Å². The van der Waals surface area contributed by atoms with Crippen molar-refractivity contribution in [1.82, 2.24) is 0 Å². The van der Waals surface area contributed by atoms with Crippen LogP contribution in [-0.2, 0) is 6.54 Å². The van der Waals surface area contributed by atoms with E-state index in [-0.39, 0.29) is 0 Å². The van der Waals surface area contributed by atoms with Gasteiger partial charge in [-0.2, -0.15) is 0 Å². The van der Waals surface area contributed by atoms with Crippen molar-refractivity contribution in [3.8, 4) is 17.2 Å². The van der Waals surface area contributed by atoms with E-state index in [1.165, 1.54) is 0 Å². The monoisotopic (exact) mass is 273 g/mol. The molecule has 0 amide bonds. The second kappa shape index (κ2) is 7.40. The first-order valence-corrected chi connectivity index (χ1v) is 6.50. The van der Waals surface area contributed by atoms with Gasteiger partial charge in [0, 0.05) is 6.54 Å². The van der Waals surface area contributed by atoms with Crippen molar-refractivity contribution in [2.45, 2.75) is 6.54 Å². The molecule has 0 unspecified atom stereocenters. The van der Waals surface area contributed by atoms with Crippen LogP contribution in [0.5, 0.6) is 17.2 Å². The summed E-state index contributed by atoms with van der Waals surface area (Å²) in [7, 11) is 1.64. The molecule has 0 saturated heterocycles. The Balaban J connectivity index is 1.72. The zero-order chi connectivity index (χ0) is 14.2. The van der Waals surface area contributed by atoms with Gasteiger partial charge in [0.15, 0.2) is 0 Å². The Kier molecular flexibility index (Phi) is 5.26. The van der Waals surface area contributed by atoms with Crippen LogP contribution in [0.3, 0.4) is 0 Å². The van der Waals surface area contributed by atoms with Crippen molar-refractivity contribution in [1.29, 1.82) is 0 Å². The summed E-state index contributed by atoms with van der Waals surface area (Å²) in [5, 5.41) is 0. The van der Waals surface area contributed by atoms with Crippen LogP contribution >= 0.6 is 0 Å². The van der Waals surface area contributed by atoms with E-state index in [1.807, 2.05) is 48.5 Å². The molecule has 2 N–H and O–H groups in total. The number of ether oxygens (including phenoxy) is 3. The van der Waals surface area contributed by atoms with Crippen LogP contribution in [0.2, 0.25) is 0 Å². The first kappa shape index (κ1) is 14.2. The van der Waals surface area contributed by atoms with Crippen molar-refractivity contribution < 1.29 is 14.2 Å². The number of benzene rings is 2. The lowest BCUT2D eigenvalue weighted by Crippen LogP contribution is -2.09. The summed E-state index contributed by atoms with van der Waals surface area (Å²) in [5.74, 6) is 2.43. The molecule has 0 aliphatic carbocycles. The van der Waals surface area contributed by atoms with E-state index < -0.39 is 0 Å². The lowest BCUT2D eigenvalue weighted by Gasteiger charge is -2.09. The molecule has 0 heterocycles. The normalized spacial score (nSPS) is 10.1. The Morgan fingerprint density at radius 3 is 1.65 bits per heavy atom. The molecule has 2 aromatic carbocycles. The molecule has 2 rings (SSSR count). The molecule has 0 spiro atoms. The lowest BCUT2D eigenvalue weighted by molar-refractivity contribution is 0.217. The Labute approximate surface area is 119 Å². The molecule has 20 heavy (non-hydrogen) atoms. The third-order valence-corrected chi connectivity index (χ3v) is 2.84. The summed E-state index contributed by atoms with van der Waals surface area (Å²) in [6, 6.07) is 15.2. The summed E-state index contributed by atoms with van der Waals surface area (Å²) in [6.07, 6.45) is 0. The van der Waals surface area contributed by atoms with Gasteiger partial charge in [-0.05, 0) is 42.0 Å². The fraction of sp³-hybridized carbons (Fsp3) is 0.250. The summed E-state index contributed by atoms with van der Waals surface area (Å²) in [4.78, 5) is 0. The fourth-order valence-electron chi connectivity index (χ4n) is 1.71. The standard InChI is InChI=1S/C16H19NO3/c1-18-14-6-8-16(9-7-14)20-11-10-19-15-4-2-13(12-17)3-5-15/h2-9H,10-12,17H2,1H3. The van der Waals surface area contributed by atoms with E-state index in [1.54, 1.807) is 7.11 Å². The van der Waals surface area contributed by atoms with E-state index in [9.17, 15) is 0 Å². The molecule has 0 saturated carbocycles. The predicted octanol–water partition coefficient (Wildman–Crippen LogP) is 2.61. The highest BCUT2D eigenvalue weighted by Gasteiger charge is 1.97. The molecule has 2 aromatic rings. The fourth-order valence-corrected chi connectivity index (χ4v) is 1.71. The van der Waals surface area contributed by atoms with Gasteiger partial charge in [-0.25, -0.2) is 0 Å². The van der Waals surface area contributed by atoms with Gasteiger partial charge < -0.3 is 19.9 Å². The van der Waals surface area contributed by atoms with Crippen LogP contribution in [0.15, 0.2) is 48.5 Å². The molecule has 106 valence electrons. The Bertz CT molecular complexity index is 459. The minimum atomic E-state index is 0.491. The molecule has 0 aliphatic rings. The van der Waals surface area contributed by atoms with Gasteiger partial charge >= 0.3 is 0 Å². The molecule has 4 nitrogen and oxygen atoms in total. The molecule has 0 aliphatic heterocycles. The largest absolute Gasteiger partial charge is 0.497 e. The number of hydrogen-bond acceptors (Lipinski definition) is 4. The number of rotatable bonds is 7. The Morgan fingerprint density at radius 2 is 1.20 bits per heavy atom. The number of methoxy groups -OCH3 is 1. The summed E-state index contributed by atoms with van der Waals surface area (Å²) < 4.78 is 16.2. The van der Waals surface area contributed by atoms with Gasteiger partial charge in [0.1, 0.15) is 30.5 Å². The maximum atomic E-state index is 5.58. The molecule has 0 atom stereocenters. The minimum absolute atomic E-state index is 0.491. The SMILES string of the molecule is COc1ccc(OCCOc2ccc(CN)cc2)cc1. The van der Waals surface area contributed by atoms with Crippen LogP contribution in [0.1, 0.15) is 5.56 Å². The van der Waals surface area contributed by atoms with Crippen molar-refractivity contribution in [3.05, 3.63) is 54.1 Å². The molecular formula is C16H19NO3. The van der Waals surface area contributed by atoms with Crippen molar-refractivity contribution in [3.63, 3.8) is 0 Å². The zero-order valence-corrected chi connectivity index (χ0v) is 11.5. The average Bonchev–Trinajstić information content (AvgIpc) is 2.53. The molecule has 0 bridgehead atoms. The topological polar surface area (TPSA) is 53.7 Å². The van der Waals surface area contributed by atoms with E-state index in [0.717, 1.165) is 22.8 Å². The van der Waals surface area contributed by atoms with Crippen LogP contribution in [0.4, 0.5) is 0 Å². The maximum Gasteiger partial charge on any atom is 0.122 e. The van der Waals surface area contributed by atoms with E-state index in [4.69, 9.17) is 19.9 Å². The van der Waals surface area contributed by atoms with E-state index in [2.05, 4.69) is 0 Å². The zero-order valence-electron chi connectivity index (χ0n) is 11.5. The third-order valence-electron chi connectivity index (χ3n) is 2.84. The van der Waals surface area contributed by atoms with Gasteiger partial charge in [-0.15, -0.1) is 0 Å². The average molecular weight is 273 g/mol. The van der Waals surface area contributed by atoms with Gasteiger partial charge in [0.05, 0.1) is 7.11 Å². The van der Waals surface area contributed by atoms with Crippen molar-refractivity contribution >= 4 is 0 Å². The third kappa shape index (κ3) is 4.17. The van der Waals surface area contributed by atoms with Crippen LogP contribution < -0.4 is 19.9 Å². The molecule has 0 fully saturated rings. The first-order chi connectivity index (χ1) is 9.81. The van der Waals surface area contributed by atoms with Crippen LogP contribution in [0.25, 0.3) is 0 Å². The van der Waals surface area contributed by atoms with Gasteiger partial charge in [-0.1, -0.05) is 12.1 Å². The van der Waals surface area contributed by atoms with Crippen LogP contribution in [-0.4, -0.2) is 20.3 Å². The highest BCUT2D eigenvalue weighted by atomic mass is 16.5. The Hall–Kier alpha value is -2.20. The molecule has 0 aromatic heterocycles. The van der Waals surface area contributed by atoms with E-state index >= 15 is 0 Å². The first-order valence-electron chi connectivity index (χ1n) is 6.50. The number of hydrogen-bond donors (Lipinski definition) is 1. The number of nitrogens with two attached hydrogens (primary N) is 1. The van der Waals surface area contributed by atoms with Crippen molar-refractivity contribution in [2.75, 3.05) is 20.3 Å². The lowest BCUT2D eigenvalue weighted by atomic mass is 10.2. The highest BCUT2D eigenvalue weighted by molar-refractivity contribution is 5.31. The summed E-state index contributed by atoms with van der Waals surface area (Å²) in [5.41, 5.74) is 6.63. The molecule has 0 radical (unpaired) electrons. The predicted molar refractivity (Wildman–Crippen MR) is 78.3 cm³/mol. The summed E-state index contributed by atoms with van der Waals surface area (Å²) in [6.45, 7) is 1.53.